The van der Waals surface area contributed by atoms with Crippen molar-refractivity contribution in [3.63, 3.8) is 0 Å². The fourth-order valence-electron chi connectivity index (χ4n) is 3.37. The van der Waals surface area contributed by atoms with E-state index in [1.807, 2.05) is 18.5 Å². The van der Waals surface area contributed by atoms with E-state index in [9.17, 15) is 0 Å². The molecule has 2 heterocycles. The van der Waals surface area contributed by atoms with Gasteiger partial charge in [0.05, 0.1) is 0 Å². The van der Waals surface area contributed by atoms with Crippen LogP contribution in [0.1, 0.15) is 51.7 Å². The van der Waals surface area contributed by atoms with E-state index in [2.05, 4.69) is 46.5 Å². The van der Waals surface area contributed by atoms with Gasteiger partial charge in [0.15, 0.2) is 11.8 Å². The molecule has 2 rings (SSSR count). The number of hydrogen-bond acceptors (Lipinski definition) is 5. The third-order valence-electron chi connectivity index (χ3n) is 5.18. The number of guanidine groups is 1. The van der Waals surface area contributed by atoms with Gasteiger partial charge in [0.2, 0.25) is 0 Å². The van der Waals surface area contributed by atoms with Gasteiger partial charge in [-0.15, -0.1) is 10.2 Å². The van der Waals surface area contributed by atoms with E-state index in [-0.39, 0.29) is 0 Å². The number of ether oxygens (including phenoxy) is 1. The molecule has 1 aliphatic heterocycles. The predicted molar refractivity (Wildman–Crippen MR) is 113 cm³/mol. The van der Waals surface area contributed by atoms with Gasteiger partial charge in [0, 0.05) is 39.4 Å². The Morgan fingerprint density at radius 1 is 1.32 bits per heavy atom. The lowest BCUT2D eigenvalue weighted by Gasteiger charge is -2.24. The van der Waals surface area contributed by atoms with Crippen LogP contribution < -0.4 is 10.6 Å². The molecule has 1 aliphatic rings. The van der Waals surface area contributed by atoms with Gasteiger partial charge in [0.1, 0.15) is 12.4 Å². The van der Waals surface area contributed by atoms with E-state index in [1.54, 1.807) is 0 Å². The number of nitrogens with zero attached hydrogens (tertiary/aromatic N) is 5. The maximum atomic E-state index is 5.67. The molecule has 1 aromatic heterocycles. The number of aliphatic imine (C=N–C) groups is 1. The first-order valence-electron chi connectivity index (χ1n) is 10.7. The van der Waals surface area contributed by atoms with Crippen LogP contribution in [0.5, 0.6) is 0 Å². The Labute approximate surface area is 170 Å². The zero-order valence-corrected chi connectivity index (χ0v) is 18.4. The lowest BCUT2D eigenvalue weighted by Crippen LogP contribution is -2.45. The number of nitrogens with one attached hydrogen (secondary N) is 2. The third-order valence-corrected chi connectivity index (χ3v) is 5.18. The van der Waals surface area contributed by atoms with Crippen LogP contribution in [0.15, 0.2) is 4.99 Å². The Morgan fingerprint density at radius 3 is 2.82 bits per heavy atom. The number of likely N-dealkylation sites (N-methyl/N-ethyl adjacent to an activating group) is 1. The Morgan fingerprint density at radius 2 is 2.14 bits per heavy atom. The first-order valence-corrected chi connectivity index (χ1v) is 10.7. The van der Waals surface area contributed by atoms with Crippen molar-refractivity contribution in [2.75, 3.05) is 39.4 Å². The molecule has 0 bridgehead atoms. The summed E-state index contributed by atoms with van der Waals surface area (Å²) in [5.74, 6) is 3.19. The van der Waals surface area contributed by atoms with Gasteiger partial charge < -0.3 is 19.9 Å². The minimum absolute atomic E-state index is 0.513. The summed E-state index contributed by atoms with van der Waals surface area (Å²) in [5, 5.41) is 15.3. The molecule has 8 heteroatoms. The molecule has 2 N–H and O–H groups in total. The average molecular weight is 394 g/mol. The molecular weight excluding hydrogens is 354 g/mol. The van der Waals surface area contributed by atoms with E-state index in [0.717, 1.165) is 56.9 Å². The molecule has 0 amide bonds. The number of rotatable bonds is 11. The van der Waals surface area contributed by atoms with Crippen molar-refractivity contribution in [1.29, 1.82) is 0 Å². The first-order chi connectivity index (χ1) is 13.5. The highest BCUT2D eigenvalue weighted by Crippen LogP contribution is 2.15. The summed E-state index contributed by atoms with van der Waals surface area (Å²) in [7, 11) is 1.98. The van der Waals surface area contributed by atoms with Crippen molar-refractivity contribution in [1.82, 2.24) is 30.3 Å². The maximum absolute atomic E-state index is 5.67. The fourth-order valence-corrected chi connectivity index (χ4v) is 3.37. The fraction of sp³-hybridized carbons (Fsp3) is 0.850. The van der Waals surface area contributed by atoms with Gasteiger partial charge >= 0.3 is 0 Å². The molecule has 1 fully saturated rings. The summed E-state index contributed by atoms with van der Waals surface area (Å²) in [6.45, 7) is 14.7. The van der Waals surface area contributed by atoms with Crippen molar-refractivity contribution >= 4 is 5.96 Å². The maximum Gasteiger partial charge on any atom is 0.191 e. The Hall–Kier alpha value is -1.67. The van der Waals surface area contributed by atoms with E-state index in [1.165, 1.54) is 19.4 Å². The molecule has 1 unspecified atom stereocenters. The van der Waals surface area contributed by atoms with Crippen LogP contribution in [0.25, 0.3) is 0 Å². The second kappa shape index (κ2) is 12.0. The van der Waals surface area contributed by atoms with Crippen LogP contribution in [-0.2, 0) is 18.3 Å². The topological polar surface area (TPSA) is 79.6 Å². The second-order valence-corrected chi connectivity index (χ2v) is 7.94. The van der Waals surface area contributed by atoms with Crippen LogP contribution in [-0.4, -0.2) is 71.1 Å². The Bertz CT molecular complexity index is 599. The number of likely N-dealkylation sites (tertiary alicyclic amines) is 1. The molecule has 8 nitrogen and oxygen atoms in total. The van der Waals surface area contributed by atoms with Gasteiger partial charge in [-0.05, 0) is 45.2 Å². The minimum atomic E-state index is 0.513. The summed E-state index contributed by atoms with van der Waals surface area (Å²) in [4.78, 5) is 7.28. The zero-order chi connectivity index (χ0) is 20.4. The molecule has 28 heavy (non-hydrogen) atoms. The summed E-state index contributed by atoms with van der Waals surface area (Å²) in [6, 6.07) is 0.587. The SMILES string of the molecule is CCN1CCCC1CNC(=NCc1nnc(C)n1C)NCCCOCC(C)C. The molecule has 1 saturated heterocycles. The van der Waals surface area contributed by atoms with E-state index in [0.29, 0.717) is 18.5 Å². The van der Waals surface area contributed by atoms with Crippen molar-refractivity contribution in [3.8, 4) is 0 Å². The van der Waals surface area contributed by atoms with E-state index >= 15 is 0 Å². The summed E-state index contributed by atoms with van der Waals surface area (Å²) >= 11 is 0. The number of aromatic nitrogens is 3. The second-order valence-electron chi connectivity index (χ2n) is 7.94. The highest BCUT2D eigenvalue weighted by molar-refractivity contribution is 5.79. The molecule has 0 spiro atoms. The van der Waals surface area contributed by atoms with Crippen LogP contribution in [0.2, 0.25) is 0 Å². The molecule has 160 valence electrons. The standard InChI is InChI=1S/C20H39N7O/c1-6-27-11-7-9-18(27)13-22-20(21-10-8-12-28-15-16(2)3)23-14-19-25-24-17(4)26(19)5/h16,18H,6-15H2,1-5H3,(H2,21,22,23). The molecule has 1 aromatic rings. The first kappa shape index (κ1) is 22.6. The number of hydrogen-bond donors (Lipinski definition) is 2. The largest absolute Gasteiger partial charge is 0.381 e. The van der Waals surface area contributed by atoms with Crippen LogP contribution >= 0.6 is 0 Å². The molecular formula is C20H39N7O. The monoisotopic (exact) mass is 393 g/mol. The van der Waals surface area contributed by atoms with E-state index < -0.39 is 0 Å². The Balaban J connectivity index is 1.85. The van der Waals surface area contributed by atoms with Crippen LogP contribution in [0.3, 0.4) is 0 Å². The van der Waals surface area contributed by atoms with Crippen molar-refractivity contribution < 1.29 is 4.74 Å². The average Bonchev–Trinajstić information content (AvgIpc) is 3.26. The van der Waals surface area contributed by atoms with Gasteiger partial charge in [-0.25, -0.2) is 4.99 Å². The smallest absolute Gasteiger partial charge is 0.191 e. The van der Waals surface area contributed by atoms with E-state index in [4.69, 9.17) is 9.73 Å². The zero-order valence-electron chi connectivity index (χ0n) is 18.4. The van der Waals surface area contributed by atoms with Gasteiger partial charge in [0.25, 0.3) is 0 Å². The third kappa shape index (κ3) is 7.39. The van der Waals surface area contributed by atoms with Crippen molar-refractivity contribution in [2.45, 2.75) is 59.5 Å². The van der Waals surface area contributed by atoms with Gasteiger partial charge in [-0.3, -0.25) is 4.90 Å². The normalized spacial score (nSPS) is 18.2. The summed E-state index contributed by atoms with van der Waals surface area (Å²) < 4.78 is 7.65. The molecule has 0 aromatic carbocycles. The van der Waals surface area contributed by atoms with Gasteiger partial charge in [-0.2, -0.15) is 0 Å². The molecule has 1 atom stereocenters. The minimum Gasteiger partial charge on any atom is -0.381 e. The predicted octanol–water partition coefficient (Wildman–Crippen LogP) is 1.71. The highest BCUT2D eigenvalue weighted by Gasteiger charge is 2.22. The summed E-state index contributed by atoms with van der Waals surface area (Å²) in [6.07, 6.45) is 3.49. The number of aryl methyl sites for hydroxylation is 1. The van der Waals surface area contributed by atoms with Crippen molar-refractivity contribution in [3.05, 3.63) is 11.6 Å². The Kier molecular flexibility index (Phi) is 9.70. The highest BCUT2D eigenvalue weighted by atomic mass is 16.5. The van der Waals surface area contributed by atoms with Crippen LogP contribution in [0.4, 0.5) is 0 Å². The molecule has 0 aliphatic carbocycles. The lowest BCUT2D eigenvalue weighted by molar-refractivity contribution is 0.108. The van der Waals surface area contributed by atoms with Crippen LogP contribution in [0, 0.1) is 12.8 Å². The molecule has 0 radical (unpaired) electrons. The van der Waals surface area contributed by atoms with Crippen molar-refractivity contribution in [2.24, 2.45) is 18.0 Å². The summed E-state index contributed by atoms with van der Waals surface area (Å²) in [5.41, 5.74) is 0. The quantitative estimate of drug-likeness (QED) is 0.338. The van der Waals surface area contributed by atoms with Gasteiger partial charge in [-0.1, -0.05) is 20.8 Å². The molecule has 0 saturated carbocycles. The lowest BCUT2D eigenvalue weighted by atomic mass is 10.2.